The maximum Gasteiger partial charge on any atom is 0.141 e. The summed E-state index contributed by atoms with van der Waals surface area (Å²) in [5.74, 6) is 0.875. The minimum Gasteiger partial charge on any atom is -0.495 e. The number of methoxy groups -OCH3 is 1. The first-order chi connectivity index (χ1) is 7.38. The van der Waals surface area contributed by atoms with Gasteiger partial charge in [-0.25, -0.2) is 0 Å². The van der Waals surface area contributed by atoms with Crippen LogP contribution in [0.25, 0.3) is 0 Å². The van der Waals surface area contributed by atoms with Gasteiger partial charge in [-0.1, -0.05) is 12.1 Å². The molecule has 0 fully saturated rings. The zero-order chi connectivity index (χ0) is 10.9. The number of nitrogens with one attached hydrogen (secondary N) is 1. The Hall–Kier alpha value is -1.22. The Kier molecular flexibility index (Phi) is 5.63. The first-order valence-electron chi connectivity index (χ1n) is 5.36. The van der Waals surface area contributed by atoms with Crippen LogP contribution in [0.4, 0.5) is 5.69 Å². The van der Waals surface area contributed by atoms with Crippen molar-refractivity contribution < 1.29 is 9.84 Å². The van der Waals surface area contributed by atoms with E-state index in [4.69, 9.17) is 9.84 Å². The molecule has 15 heavy (non-hydrogen) atoms. The third kappa shape index (κ3) is 4.21. The van der Waals surface area contributed by atoms with E-state index in [1.54, 1.807) is 7.11 Å². The van der Waals surface area contributed by atoms with E-state index in [2.05, 4.69) is 5.32 Å². The van der Waals surface area contributed by atoms with Crippen molar-refractivity contribution in [2.24, 2.45) is 0 Å². The van der Waals surface area contributed by atoms with Gasteiger partial charge in [0.2, 0.25) is 0 Å². The zero-order valence-corrected chi connectivity index (χ0v) is 9.20. The molecule has 0 atom stereocenters. The quantitative estimate of drug-likeness (QED) is 0.677. The van der Waals surface area contributed by atoms with Gasteiger partial charge in [0, 0.05) is 13.2 Å². The Morgan fingerprint density at radius 3 is 2.73 bits per heavy atom. The molecule has 0 radical (unpaired) electrons. The molecular weight excluding hydrogens is 190 g/mol. The van der Waals surface area contributed by atoms with Gasteiger partial charge in [0.15, 0.2) is 0 Å². The van der Waals surface area contributed by atoms with Crippen LogP contribution in [0.3, 0.4) is 0 Å². The average molecular weight is 209 g/mol. The van der Waals surface area contributed by atoms with Crippen LogP contribution in [-0.4, -0.2) is 25.4 Å². The number of unbranched alkanes of at least 4 members (excludes halogenated alkanes) is 2. The van der Waals surface area contributed by atoms with E-state index in [1.807, 2.05) is 24.3 Å². The monoisotopic (exact) mass is 209 g/mol. The van der Waals surface area contributed by atoms with Gasteiger partial charge in [-0.3, -0.25) is 0 Å². The van der Waals surface area contributed by atoms with Crippen LogP contribution < -0.4 is 10.1 Å². The van der Waals surface area contributed by atoms with Gasteiger partial charge >= 0.3 is 0 Å². The summed E-state index contributed by atoms with van der Waals surface area (Å²) in [4.78, 5) is 0. The summed E-state index contributed by atoms with van der Waals surface area (Å²) in [6.07, 6.45) is 3.00. The molecule has 0 amide bonds. The van der Waals surface area contributed by atoms with E-state index in [0.29, 0.717) is 0 Å². The van der Waals surface area contributed by atoms with Crippen molar-refractivity contribution in [2.75, 3.05) is 25.6 Å². The highest BCUT2D eigenvalue weighted by Gasteiger charge is 1.99. The van der Waals surface area contributed by atoms with Gasteiger partial charge in [0.05, 0.1) is 12.8 Å². The molecule has 0 heterocycles. The van der Waals surface area contributed by atoms with Crippen molar-refractivity contribution in [3.63, 3.8) is 0 Å². The molecule has 0 aliphatic rings. The lowest BCUT2D eigenvalue weighted by Crippen LogP contribution is -2.03. The minimum atomic E-state index is 0.286. The molecule has 3 heteroatoms. The highest BCUT2D eigenvalue weighted by atomic mass is 16.5. The largest absolute Gasteiger partial charge is 0.495 e. The van der Waals surface area contributed by atoms with Gasteiger partial charge < -0.3 is 15.2 Å². The predicted molar refractivity (Wildman–Crippen MR) is 62.4 cm³/mol. The maximum absolute atomic E-state index is 8.62. The standard InChI is InChI=1S/C12H19NO2/c1-15-12-8-4-3-7-11(12)13-9-5-2-6-10-14/h3-4,7-8,13-14H,2,5-6,9-10H2,1H3. The van der Waals surface area contributed by atoms with Gasteiger partial charge in [-0.2, -0.15) is 0 Å². The summed E-state index contributed by atoms with van der Waals surface area (Å²) in [6, 6.07) is 7.88. The smallest absolute Gasteiger partial charge is 0.141 e. The van der Waals surface area contributed by atoms with Crippen LogP contribution in [0.1, 0.15) is 19.3 Å². The summed E-state index contributed by atoms with van der Waals surface area (Å²) in [6.45, 7) is 1.20. The number of benzene rings is 1. The number of para-hydroxylation sites is 2. The lowest BCUT2D eigenvalue weighted by Gasteiger charge is -2.10. The summed E-state index contributed by atoms with van der Waals surface area (Å²) >= 11 is 0. The third-order valence-electron chi connectivity index (χ3n) is 2.26. The fourth-order valence-corrected chi connectivity index (χ4v) is 1.43. The lowest BCUT2D eigenvalue weighted by molar-refractivity contribution is 0.283. The number of rotatable bonds is 7. The van der Waals surface area contributed by atoms with Crippen molar-refractivity contribution in [1.82, 2.24) is 0 Å². The normalized spacial score (nSPS) is 10.0. The third-order valence-corrected chi connectivity index (χ3v) is 2.26. The Balaban J connectivity index is 2.30. The predicted octanol–water partition coefficient (Wildman–Crippen LogP) is 2.27. The Morgan fingerprint density at radius 2 is 2.00 bits per heavy atom. The molecule has 0 aliphatic carbocycles. The van der Waals surface area contributed by atoms with Gasteiger partial charge in [0.1, 0.15) is 5.75 Å². The topological polar surface area (TPSA) is 41.5 Å². The molecule has 0 saturated carbocycles. The van der Waals surface area contributed by atoms with Crippen LogP contribution >= 0.6 is 0 Å². The Morgan fingerprint density at radius 1 is 1.20 bits per heavy atom. The number of hydrogen-bond acceptors (Lipinski definition) is 3. The molecule has 0 aliphatic heterocycles. The first kappa shape index (κ1) is 11.9. The number of hydrogen-bond donors (Lipinski definition) is 2. The van der Waals surface area contributed by atoms with Crippen molar-refractivity contribution >= 4 is 5.69 Å². The number of ether oxygens (including phenoxy) is 1. The van der Waals surface area contributed by atoms with Crippen LogP contribution in [0, 0.1) is 0 Å². The molecule has 3 nitrogen and oxygen atoms in total. The minimum absolute atomic E-state index is 0.286. The SMILES string of the molecule is COc1ccccc1NCCCCCO. The second kappa shape index (κ2) is 7.12. The maximum atomic E-state index is 8.62. The first-order valence-corrected chi connectivity index (χ1v) is 5.36. The summed E-state index contributed by atoms with van der Waals surface area (Å²) in [7, 11) is 1.67. The molecule has 0 saturated heterocycles. The van der Waals surface area contributed by atoms with E-state index in [1.165, 1.54) is 0 Å². The van der Waals surface area contributed by atoms with Crippen LogP contribution in [-0.2, 0) is 0 Å². The molecule has 0 spiro atoms. The van der Waals surface area contributed by atoms with Gasteiger partial charge in [-0.15, -0.1) is 0 Å². The second-order valence-electron chi connectivity index (χ2n) is 3.41. The molecule has 2 N–H and O–H groups in total. The van der Waals surface area contributed by atoms with Crippen LogP contribution in [0.15, 0.2) is 24.3 Å². The second-order valence-corrected chi connectivity index (χ2v) is 3.41. The molecule has 0 aromatic heterocycles. The molecular formula is C12H19NO2. The van der Waals surface area contributed by atoms with Crippen molar-refractivity contribution in [3.8, 4) is 5.75 Å². The van der Waals surface area contributed by atoms with Crippen LogP contribution in [0.5, 0.6) is 5.75 Å². The van der Waals surface area contributed by atoms with Crippen LogP contribution in [0.2, 0.25) is 0 Å². The molecule has 0 bridgehead atoms. The van der Waals surface area contributed by atoms with E-state index in [0.717, 1.165) is 37.2 Å². The van der Waals surface area contributed by atoms with E-state index >= 15 is 0 Å². The number of aliphatic hydroxyl groups excluding tert-OH is 1. The van der Waals surface area contributed by atoms with Crippen molar-refractivity contribution in [2.45, 2.75) is 19.3 Å². The van der Waals surface area contributed by atoms with Gasteiger partial charge in [-0.05, 0) is 31.4 Å². The molecule has 0 unspecified atom stereocenters. The van der Waals surface area contributed by atoms with E-state index < -0.39 is 0 Å². The van der Waals surface area contributed by atoms with E-state index in [-0.39, 0.29) is 6.61 Å². The Labute approximate surface area is 91.1 Å². The highest BCUT2D eigenvalue weighted by molar-refractivity contribution is 5.55. The van der Waals surface area contributed by atoms with E-state index in [9.17, 15) is 0 Å². The molecule has 1 aromatic rings. The lowest BCUT2D eigenvalue weighted by atomic mass is 10.2. The molecule has 1 aromatic carbocycles. The summed E-state index contributed by atoms with van der Waals surface area (Å²) in [5, 5.41) is 11.9. The number of aliphatic hydroxyl groups is 1. The van der Waals surface area contributed by atoms with Crippen molar-refractivity contribution in [1.29, 1.82) is 0 Å². The fourth-order valence-electron chi connectivity index (χ4n) is 1.43. The molecule has 1 rings (SSSR count). The Bertz CT molecular complexity index is 276. The average Bonchev–Trinajstić information content (AvgIpc) is 2.29. The molecule has 84 valence electrons. The summed E-state index contributed by atoms with van der Waals surface area (Å²) < 4.78 is 5.22. The van der Waals surface area contributed by atoms with Gasteiger partial charge in [0.25, 0.3) is 0 Å². The fraction of sp³-hybridized carbons (Fsp3) is 0.500. The number of anilines is 1. The zero-order valence-electron chi connectivity index (χ0n) is 9.20. The van der Waals surface area contributed by atoms with Crippen molar-refractivity contribution in [3.05, 3.63) is 24.3 Å². The highest BCUT2D eigenvalue weighted by Crippen LogP contribution is 2.22. The summed E-state index contributed by atoms with van der Waals surface area (Å²) in [5.41, 5.74) is 1.03.